The summed E-state index contributed by atoms with van der Waals surface area (Å²) in [5.74, 6) is 1.65. The van der Waals surface area contributed by atoms with Crippen LogP contribution < -0.4 is 15.4 Å². The molecule has 22 heavy (non-hydrogen) atoms. The number of benzene rings is 1. The van der Waals surface area contributed by atoms with Crippen molar-refractivity contribution in [2.75, 3.05) is 33.4 Å². The van der Waals surface area contributed by atoms with Gasteiger partial charge in [0.25, 0.3) is 0 Å². The van der Waals surface area contributed by atoms with Gasteiger partial charge in [0.1, 0.15) is 11.9 Å². The van der Waals surface area contributed by atoms with Crippen molar-refractivity contribution < 1.29 is 9.47 Å². The van der Waals surface area contributed by atoms with Crippen molar-refractivity contribution in [3.05, 3.63) is 29.8 Å². The van der Waals surface area contributed by atoms with Crippen LogP contribution in [0.15, 0.2) is 29.3 Å². The molecule has 0 fully saturated rings. The lowest BCUT2D eigenvalue weighted by Gasteiger charge is -2.18. The number of hydrogen-bond donors (Lipinski definition) is 2. The lowest BCUT2D eigenvalue weighted by Crippen LogP contribution is -2.42. The van der Waals surface area contributed by atoms with E-state index in [1.165, 1.54) is 5.56 Å². The Balaban J connectivity index is 0.00000441. The van der Waals surface area contributed by atoms with E-state index in [1.54, 1.807) is 7.05 Å². The van der Waals surface area contributed by atoms with Gasteiger partial charge in [0, 0.05) is 20.2 Å². The van der Waals surface area contributed by atoms with Crippen LogP contribution in [-0.4, -0.2) is 45.4 Å². The molecule has 126 valence electrons. The van der Waals surface area contributed by atoms with Gasteiger partial charge in [-0.3, -0.25) is 4.99 Å². The highest BCUT2D eigenvalue weighted by Crippen LogP contribution is 2.13. The first kappa shape index (κ1) is 21.0. The number of hydrogen-bond acceptors (Lipinski definition) is 3. The van der Waals surface area contributed by atoms with Gasteiger partial charge in [0.2, 0.25) is 0 Å². The number of aryl methyl sites for hydroxylation is 1. The molecule has 0 aliphatic carbocycles. The maximum Gasteiger partial charge on any atom is 0.191 e. The predicted octanol–water partition coefficient (Wildman–Crippen LogP) is 2.58. The molecule has 0 spiro atoms. The van der Waals surface area contributed by atoms with Crippen molar-refractivity contribution in [1.82, 2.24) is 10.6 Å². The highest BCUT2D eigenvalue weighted by Gasteiger charge is 2.05. The summed E-state index contributed by atoms with van der Waals surface area (Å²) in [7, 11) is 1.75. The zero-order valence-corrected chi connectivity index (χ0v) is 16.2. The van der Waals surface area contributed by atoms with E-state index in [4.69, 9.17) is 9.47 Å². The molecular weight excluding hydrogens is 393 g/mol. The molecule has 0 heterocycles. The topological polar surface area (TPSA) is 54.9 Å². The number of nitrogens with zero attached hydrogens (tertiary/aromatic N) is 1. The SMILES string of the molecule is CCOCCNC(=NC)NCC(C)Oc1cccc(C)c1.I. The van der Waals surface area contributed by atoms with Gasteiger partial charge in [0.15, 0.2) is 5.96 Å². The Morgan fingerprint density at radius 2 is 2.09 bits per heavy atom. The lowest BCUT2D eigenvalue weighted by atomic mass is 10.2. The molecule has 0 bridgehead atoms. The largest absolute Gasteiger partial charge is 0.489 e. The van der Waals surface area contributed by atoms with Crippen molar-refractivity contribution in [3.63, 3.8) is 0 Å². The van der Waals surface area contributed by atoms with E-state index in [2.05, 4.69) is 28.6 Å². The number of guanidine groups is 1. The van der Waals surface area contributed by atoms with Gasteiger partial charge in [-0.05, 0) is 38.5 Å². The number of nitrogens with one attached hydrogen (secondary N) is 2. The van der Waals surface area contributed by atoms with Gasteiger partial charge in [-0.15, -0.1) is 24.0 Å². The molecule has 0 aromatic heterocycles. The average molecular weight is 421 g/mol. The fourth-order valence-electron chi connectivity index (χ4n) is 1.81. The second-order valence-corrected chi connectivity index (χ2v) is 4.82. The smallest absolute Gasteiger partial charge is 0.191 e. The van der Waals surface area contributed by atoms with E-state index in [0.29, 0.717) is 13.2 Å². The molecule has 0 aliphatic rings. The molecule has 0 radical (unpaired) electrons. The van der Waals surface area contributed by atoms with E-state index in [-0.39, 0.29) is 30.1 Å². The lowest BCUT2D eigenvalue weighted by molar-refractivity contribution is 0.152. The van der Waals surface area contributed by atoms with Crippen molar-refractivity contribution in [1.29, 1.82) is 0 Å². The summed E-state index contributed by atoms with van der Waals surface area (Å²) >= 11 is 0. The molecule has 1 atom stereocenters. The minimum atomic E-state index is 0. The maximum absolute atomic E-state index is 5.86. The quantitative estimate of drug-likeness (QED) is 0.293. The molecule has 0 saturated carbocycles. The number of halogens is 1. The van der Waals surface area contributed by atoms with E-state index < -0.39 is 0 Å². The summed E-state index contributed by atoms with van der Waals surface area (Å²) in [5, 5.41) is 6.43. The Labute approximate surface area is 150 Å². The Morgan fingerprint density at radius 3 is 2.73 bits per heavy atom. The molecule has 1 unspecified atom stereocenters. The van der Waals surface area contributed by atoms with Gasteiger partial charge in [-0.2, -0.15) is 0 Å². The molecule has 1 aromatic carbocycles. The van der Waals surface area contributed by atoms with Crippen molar-refractivity contribution in [2.24, 2.45) is 4.99 Å². The third-order valence-electron chi connectivity index (χ3n) is 2.85. The Morgan fingerprint density at radius 1 is 1.32 bits per heavy atom. The van der Waals surface area contributed by atoms with Crippen LogP contribution >= 0.6 is 24.0 Å². The van der Waals surface area contributed by atoms with Crippen LogP contribution in [0.25, 0.3) is 0 Å². The molecule has 1 aromatic rings. The van der Waals surface area contributed by atoms with Crippen LogP contribution in [0.5, 0.6) is 5.75 Å². The molecule has 0 amide bonds. The molecular formula is C16H28IN3O2. The first-order chi connectivity index (χ1) is 10.2. The van der Waals surface area contributed by atoms with Crippen molar-refractivity contribution in [3.8, 4) is 5.75 Å². The normalized spacial score (nSPS) is 12.3. The standard InChI is InChI=1S/C16H27N3O2.HI/c1-5-20-10-9-18-16(17-4)19-12-14(3)21-15-8-6-7-13(2)11-15;/h6-8,11,14H,5,9-10,12H2,1-4H3,(H2,17,18,19);1H. The summed E-state index contributed by atoms with van der Waals surface area (Å²) in [4.78, 5) is 4.16. The van der Waals surface area contributed by atoms with Crippen LogP contribution in [0, 0.1) is 6.92 Å². The van der Waals surface area contributed by atoms with Crippen LogP contribution in [-0.2, 0) is 4.74 Å². The van der Waals surface area contributed by atoms with E-state index >= 15 is 0 Å². The molecule has 0 saturated heterocycles. The minimum absolute atomic E-state index is 0. The third kappa shape index (κ3) is 9.09. The minimum Gasteiger partial charge on any atom is -0.489 e. The number of ether oxygens (including phenoxy) is 2. The monoisotopic (exact) mass is 421 g/mol. The van der Waals surface area contributed by atoms with Crippen LogP contribution in [0.2, 0.25) is 0 Å². The van der Waals surface area contributed by atoms with Crippen LogP contribution in [0.1, 0.15) is 19.4 Å². The Hall–Kier alpha value is -1.02. The Kier molecular flexibility index (Phi) is 11.9. The first-order valence-corrected chi connectivity index (χ1v) is 7.41. The Bertz CT molecular complexity index is 441. The fourth-order valence-corrected chi connectivity index (χ4v) is 1.81. The van der Waals surface area contributed by atoms with Crippen LogP contribution in [0.4, 0.5) is 0 Å². The van der Waals surface area contributed by atoms with Gasteiger partial charge in [0.05, 0.1) is 13.2 Å². The highest BCUT2D eigenvalue weighted by atomic mass is 127. The second kappa shape index (κ2) is 12.5. The first-order valence-electron chi connectivity index (χ1n) is 7.41. The number of aliphatic imine (C=N–C) groups is 1. The summed E-state index contributed by atoms with van der Waals surface area (Å²) in [6.07, 6.45) is 0.0530. The average Bonchev–Trinajstić information content (AvgIpc) is 2.46. The molecule has 1 rings (SSSR count). The molecule has 5 nitrogen and oxygen atoms in total. The fraction of sp³-hybridized carbons (Fsp3) is 0.562. The maximum atomic E-state index is 5.86. The van der Waals surface area contributed by atoms with E-state index in [1.807, 2.05) is 32.0 Å². The van der Waals surface area contributed by atoms with E-state index in [9.17, 15) is 0 Å². The van der Waals surface area contributed by atoms with Crippen molar-refractivity contribution >= 4 is 29.9 Å². The van der Waals surface area contributed by atoms with Gasteiger partial charge < -0.3 is 20.1 Å². The van der Waals surface area contributed by atoms with Crippen molar-refractivity contribution in [2.45, 2.75) is 26.9 Å². The number of rotatable bonds is 8. The van der Waals surface area contributed by atoms with Gasteiger partial charge >= 0.3 is 0 Å². The van der Waals surface area contributed by atoms with Crippen LogP contribution in [0.3, 0.4) is 0 Å². The summed E-state index contributed by atoms with van der Waals surface area (Å²) in [6, 6.07) is 8.06. The van der Waals surface area contributed by atoms with Gasteiger partial charge in [-0.25, -0.2) is 0 Å². The van der Waals surface area contributed by atoms with Gasteiger partial charge in [-0.1, -0.05) is 12.1 Å². The summed E-state index contributed by atoms with van der Waals surface area (Å²) in [5.41, 5.74) is 1.20. The second-order valence-electron chi connectivity index (χ2n) is 4.82. The molecule has 2 N–H and O–H groups in total. The van der Waals surface area contributed by atoms with E-state index in [0.717, 1.165) is 24.9 Å². The molecule has 0 aliphatic heterocycles. The third-order valence-corrected chi connectivity index (χ3v) is 2.85. The summed E-state index contributed by atoms with van der Waals surface area (Å²) < 4.78 is 11.1. The summed E-state index contributed by atoms with van der Waals surface area (Å²) in [6.45, 7) is 8.89. The zero-order chi connectivity index (χ0) is 15.5. The predicted molar refractivity (Wildman–Crippen MR) is 103 cm³/mol. The zero-order valence-electron chi connectivity index (χ0n) is 13.9. The highest BCUT2D eigenvalue weighted by molar-refractivity contribution is 14.0. The molecule has 6 heteroatoms.